The van der Waals surface area contributed by atoms with E-state index in [1.165, 1.54) is 4.88 Å². The molecule has 0 unspecified atom stereocenters. The Kier molecular flexibility index (Phi) is 3.98. The summed E-state index contributed by atoms with van der Waals surface area (Å²) < 4.78 is 5.31. The molecular weight excluding hydrogens is 244 g/mol. The Morgan fingerprint density at radius 3 is 3.06 bits per heavy atom. The van der Waals surface area contributed by atoms with Crippen LogP contribution in [0.4, 0.5) is 0 Å². The van der Waals surface area contributed by atoms with E-state index in [1.807, 2.05) is 19.3 Å². The monoisotopic (exact) mass is 256 g/mol. The minimum Gasteiger partial charge on any atom is -0.442 e. The molecule has 2 rings (SSSR count). The number of thiazole rings is 1. The van der Waals surface area contributed by atoms with Gasteiger partial charge < -0.3 is 9.73 Å². The van der Waals surface area contributed by atoms with Gasteiger partial charge in [0, 0.05) is 11.1 Å². The Hall–Kier alpha value is -0.840. The van der Waals surface area contributed by atoms with Crippen molar-refractivity contribution in [2.45, 2.75) is 12.8 Å². The Balaban J connectivity index is 2.02. The summed E-state index contributed by atoms with van der Waals surface area (Å²) in [6, 6.07) is 3.58. The molecule has 0 fully saturated rings. The number of aromatic nitrogens is 1. The van der Waals surface area contributed by atoms with Crippen molar-refractivity contribution in [3.63, 3.8) is 0 Å². The van der Waals surface area contributed by atoms with E-state index in [1.54, 1.807) is 17.4 Å². The molecule has 5 heteroatoms. The lowest BCUT2D eigenvalue weighted by atomic mass is 10.3. The highest BCUT2D eigenvalue weighted by molar-refractivity contribution is 7.14. The molecule has 1 N–H and O–H groups in total. The third-order valence-corrected chi connectivity index (χ3v) is 3.46. The van der Waals surface area contributed by atoms with E-state index in [0.29, 0.717) is 5.22 Å². The van der Waals surface area contributed by atoms with Crippen molar-refractivity contribution in [1.29, 1.82) is 0 Å². The van der Waals surface area contributed by atoms with Crippen molar-refractivity contribution in [3.8, 4) is 10.8 Å². The van der Waals surface area contributed by atoms with Crippen LogP contribution >= 0.6 is 22.9 Å². The average molecular weight is 257 g/mol. The predicted octanol–water partition coefficient (Wildman–Crippen LogP) is 3.21. The SMILES string of the molecule is CNCCCc1cnc(-c2ccc(Cl)o2)s1. The summed E-state index contributed by atoms with van der Waals surface area (Å²) in [7, 11) is 1.96. The molecule has 2 aromatic rings. The third-order valence-electron chi connectivity index (χ3n) is 2.19. The van der Waals surface area contributed by atoms with Crippen LogP contribution in [0.2, 0.25) is 5.22 Å². The largest absolute Gasteiger partial charge is 0.442 e. The van der Waals surface area contributed by atoms with Crippen LogP contribution in [-0.2, 0) is 6.42 Å². The van der Waals surface area contributed by atoms with Gasteiger partial charge >= 0.3 is 0 Å². The molecule has 0 aromatic carbocycles. The lowest BCUT2D eigenvalue weighted by molar-refractivity contribution is 0.584. The van der Waals surface area contributed by atoms with Crippen molar-refractivity contribution < 1.29 is 4.42 Å². The number of aryl methyl sites for hydroxylation is 1. The highest BCUT2D eigenvalue weighted by atomic mass is 35.5. The van der Waals surface area contributed by atoms with Crippen molar-refractivity contribution in [2.24, 2.45) is 0 Å². The number of furan rings is 1. The van der Waals surface area contributed by atoms with Gasteiger partial charge in [-0.25, -0.2) is 4.98 Å². The van der Waals surface area contributed by atoms with E-state index in [2.05, 4.69) is 10.3 Å². The molecule has 0 radical (unpaired) electrons. The third kappa shape index (κ3) is 2.84. The fourth-order valence-electron chi connectivity index (χ4n) is 1.41. The van der Waals surface area contributed by atoms with Gasteiger partial charge in [0.25, 0.3) is 0 Å². The van der Waals surface area contributed by atoms with Gasteiger partial charge in [-0.15, -0.1) is 11.3 Å². The number of rotatable bonds is 5. The van der Waals surface area contributed by atoms with Gasteiger partial charge in [-0.1, -0.05) is 0 Å². The summed E-state index contributed by atoms with van der Waals surface area (Å²) in [5.74, 6) is 0.745. The molecule has 0 aliphatic rings. The van der Waals surface area contributed by atoms with E-state index < -0.39 is 0 Å². The summed E-state index contributed by atoms with van der Waals surface area (Å²) in [5, 5.41) is 4.43. The molecule has 2 heterocycles. The Bertz CT molecular complexity index is 452. The first kappa shape index (κ1) is 11.6. The van der Waals surface area contributed by atoms with Crippen molar-refractivity contribution in [1.82, 2.24) is 10.3 Å². The molecule has 0 saturated heterocycles. The molecule has 0 aliphatic heterocycles. The van der Waals surface area contributed by atoms with Gasteiger partial charge in [0.05, 0.1) is 0 Å². The molecule has 2 aromatic heterocycles. The fraction of sp³-hybridized carbons (Fsp3) is 0.364. The van der Waals surface area contributed by atoms with Gasteiger partial charge in [-0.2, -0.15) is 0 Å². The van der Waals surface area contributed by atoms with Crippen molar-refractivity contribution in [2.75, 3.05) is 13.6 Å². The molecule has 0 saturated carbocycles. The fourth-order valence-corrected chi connectivity index (χ4v) is 2.47. The number of hydrogen-bond donors (Lipinski definition) is 1. The van der Waals surface area contributed by atoms with Crippen LogP contribution in [0.5, 0.6) is 0 Å². The van der Waals surface area contributed by atoms with Gasteiger partial charge in [-0.05, 0) is 50.2 Å². The first-order chi connectivity index (χ1) is 7.79. The quantitative estimate of drug-likeness (QED) is 0.835. The maximum absolute atomic E-state index is 5.72. The molecule has 0 spiro atoms. The van der Waals surface area contributed by atoms with Crippen LogP contribution in [0.15, 0.2) is 22.7 Å². The number of nitrogens with one attached hydrogen (secondary N) is 1. The first-order valence-corrected chi connectivity index (χ1v) is 6.34. The minimum atomic E-state index is 0.405. The van der Waals surface area contributed by atoms with E-state index in [9.17, 15) is 0 Å². The van der Waals surface area contributed by atoms with E-state index in [-0.39, 0.29) is 0 Å². The van der Waals surface area contributed by atoms with Crippen molar-refractivity contribution in [3.05, 3.63) is 28.4 Å². The van der Waals surface area contributed by atoms with Crippen LogP contribution in [0.1, 0.15) is 11.3 Å². The van der Waals surface area contributed by atoms with Crippen LogP contribution in [0.3, 0.4) is 0 Å². The Morgan fingerprint density at radius 1 is 1.50 bits per heavy atom. The van der Waals surface area contributed by atoms with E-state index in [0.717, 1.165) is 30.2 Å². The molecule has 86 valence electrons. The Labute approximate surface area is 103 Å². The van der Waals surface area contributed by atoms with Gasteiger partial charge in [0.1, 0.15) is 0 Å². The lowest BCUT2D eigenvalue weighted by Crippen LogP contribution is -2.07. The molecule has 0 aliphatic carbocycles. The predicted molar refractivity (Wildman–Crippen MR) is 67.1 cm³/mol. The summed E-state index contributed by atoms with van der Waals surface area (Å²) in [6.07, 6.45) is 4.08. The molecule has 3 nitrogen and oxygen atoms in total. The second kappa shape index (κ2) is 5.48. The Morgan fingerprint density at radius 2 is 2.38 bits per heavy atom. The molecule has 0 bridgehead atoms. The maximum Gasteiger partial charge on any atom is 0.194 e. The highest BCUT2D eigenvalue weighted by Gasteiger charge is 2.08. The lowest BCUT2D eigenvalue weighted by Gasteiger charge is -1.95. The summed E-state index contributed by atoms with van der Waals surface area (Å²) in [6.45, 7) is 1.03. The normalized spacial score (nSPS) is 10.9. The summed E-state index contributed by atoms with van der Waals surface area (Å²) >= 11 is 7.38. The molecular formula is C11H13ClN2OS. The summed E-state index contributed by atoms with van der Waals surface area (Å²) in [4.78, 5) is 5.60. The van der Waals surface area contributed by atoms with Gasteiger partial charge in [-0.3, -0.25) is 0 Å². The zero-order chi connectivity index (χ0) is 11.4. The maximum atomic E-state index is 5.72. The minimum absolute atomic E-state index is 0.405. The van der Waals surface area contributed by atoms with Gasteiger partial charge in [0.2, 0.25) is 0 Å². The van der Waals surface area contributed by atoms with Crippen LogP contribution in [0, 0.1) is 0 Å². The van der Waals surface area contributed by atoms with Crippen molar-refractivity contribution >= 4 is 22.9 Å². The van der Waals surface area contributed by atoms with Gasteiger partial charge in [0.15, 0.2) is 16.0 Å². The zero-order valence-electron chi connectivity index (χ0n) is 9.00. The summed E-state index contributed by atoms with van der Waals surface area (Å²) in [5.41, 5.74) is 0. The standard InChI is InChI=1S/C11H13ClN2OS/c1-13-6-2-3-8-7-14-11(16-8)9-4-5-10(12)15-9/h4-5,7,13H,2-3,6H2,1H3. The molecule has 16 heavy (non-hydrogen) atoms. The van der Waals surface area contributed by atoms with Crippen LogP contribution in [-0.4, -0.2) is 18.6 Å². The van der Waals surface area contributed by atoms with Crippen LogP contribution < -0.4 is 5.32 Å². The van der Waals surface area contributed by atoms with Crippen LogP contribution in [0.25, 0.3) is 10.8 Å². The second-order valence-corrected chi connectivity index (χ2v) is 4.93. The second-order valence-electron chi connectivity index (χ2n) is 3.44. The number of hydrogen-bond acceptors (Lipinski definition) is 4. The first-order valence-electron chi connectivity index (χ1n) is 5.14. The highest BCUT2D eigenvalue weighted by Crippen LogP contribution is 2.28. The van der Waals surface area contributed by atoms with E-state index >= 15 is 0 Å². The molecule has 0 amide bonds. The topological polar surface area (TPSA) is 38.1 Å². The molecule has 0 atom stereocenters. The average Bonchev–Trinajstić information content (AvgIpc) is 2.87. The zero-order valence-corrected chi connectivity index (χ0v) is 10.6. The number of halogens is 1. The van der Waals surface area contributed by atoms with E-state index in [4.69, 9.17) is 16.0 Å². The number of nitrogens with zero attached hydrogens (tertiary/aromatic N) is 1. The smallest absolute Gasteiger partial charge is 0.194 e.